The van der Waals surface area contributed by atoms with E-state index in [1.54, 1.807) is 0 Å². The minimum Gasteiger partial charge on any atom is -0.298 e. The minimum atomic E-state index is 0.0396. The van der Waals surface area contributed by atoms with Gasteiger partial charge in [-0.25, -0.2) is 0 Å². The van der Waals surface area contributed by atoms with Gasteiger partial charge in [0.25, 0.3) is 0 Å². The summed E-state index contributed by atoms with van der Waals surface area (Å²) in [6.07, 6.45) is 0.398. The number of Topliss-reactive ketones (excluding diaryl/α,β-unsaturated/α-hetero) is 1. The predicted octanol–water partition coefficient (Wildman–Crippen LogP) is 3.08. The summed E-state index contributed by atoms with van der Waals surface area (Å²) in [4.78, 5) is 11.1. The predicted molar refractivity (Wildman–Crippen MR) is 60.2 cm³/mol. The quantitative estimate of drug-likeness (QED) is 0.727. The number of aryl methyl sites for hydroxylation is 1. The second-order valence-electron chi connectivity index (χ2n) is 3.31. The van der Waals surface area contributed by atoms with Crippen LogP contribution in [0.3, 0.4) is 0 Å². The number of carbonyl (C=O) groups excluding carboxylic acids is 1. The van der Waals surface area contributed by atoms with Crippen molar-refractivity contribution in [2.45, 2.75) is 19.2 Å². The van der Waals surface area contributed by atoms with E-state index in [0.717, 1.165) is 16.7 Å². The van der Waals surface area contributed by atoms with Crippen LogP contribution in [-0.4, -0.2) is 11.7 Å². The maximum Gasteiger partial charge on any atom is 0.151 e. The highest BCUT2D eigenvalue weighted by molar-refractivity contribution is 6.27. The van der Waals surface area contributed by atoms with E-state index in [2.05, 4.69) is 0 Å². The topological polar surface area (TPSA) is 17.1 Å². The first kappa shape index (κ1) is 11.5. The Morgan fingerprint density at radius 1 is 1.21 bits per heavy atom. The lowest BCUT2D eigenvalue weighted by molar-refractivity contribution is -0.116. The van der Waals surface area contributed by atoms with E-state index < -0.39 is 0 Å². The van der Waals surface area contributed by atoms with Gasteiger partial charge in [0.15, 0.2) is 5.78 Å². The molecule has 0 aliphatic carbocycles. The lowest BCUT2D eigenvalue weighted by Crippen LogP contribution is -2.04. The van der Waals surface area contributed by atoms with Gasteiger partial charge in [-0.05, 0) is 18.1 Å². The first-order valence-corrected chi connectivity index (χ1v) is 5.45. The Kier molecular flexibility index (Phi) is 4.43. The van der Waals surface area contributed by atoms with E-state index >= 15 is 0 Å². The van der Waals surface area contributed by atoms with Crippen molar-refractivity contribution in [1.29, 1.82) is 0 Å². The number of carbonyl (C=O) groups is 1. The molecule has 1 aromatic rings. The number of rotatable bonds is 4. The summed E-state index contributed by atoms with van der Waals surface area (Å²) < 4.78 is 0. The number of hydrogen-bond donors (Lipinski definition) is 0. The summed E-state index contributed by atoms with van der Waals surface area (Å²) in [6.45, 7) is 1.99. The third-order valence-corrected chi connectivity index (χ3v) is 2.51. The van der Waals surface area contributed by atoms with Crippen LogP contribution >= 0.6 is 23.2 Å². The maximum absolute atomic E-state index is 11.1. The summed E-state index contributed by atoms with van der Waals surface area (Å²) in [5, 5.41) is 0. The van der Waals surface area contributed by atoms with Crippen LogP contribution in [0.5, 0.6) is 0 Å². The Bertz CT molecular complexity index is 334. The Morgan fingerprint density at radius 2 is 1.86 bits per heavy atom. The highest BCUT2D eigenvalue weighted by Crippen LogP contribution is 2.12. The molecule has 0 amide bonds. The SMILES string of the molecule is Cc1cc(CCl)cc(CC(=O)CCl)c1. The normalized spacial score (nSPS) is 10.2. The molecule has 0 aromatic heterocycles. The molecular formula is C11H12Cl2O. The molecule has 0 saturated heterocycles. The fourth-order valence-corrected chi connectivity index (χ4v) is 1.65. The summed E-state index contributed by atoms with van der Waals surface area (Å²) >= 11 is 11.2. The molecule has 0 heterocycles. The third kappa shape index (κ3) is 3.32. The summed E-state index contributed by atoms with van der Waals surface area (Å²) in [5.41, 5.74) is 3.16. The van der Waals surface area contributed by atoms with Crippen molar-refractivity contribution in [3.63, 3.8) is 0 Å². The number of alkyl halides is 2. The second kappa shape index (κ2) is 5.38. The Morgan fingerprint density at radius 3 is 2.43 bits per heavy atom. The van der Waals surface area contributed by atoms with E-state index in [-0.39, 0.29) is 11.7 Å². The zero-order valence-electron chi connectivity index (χ0n) is 8.02. The lowest BCUT2D eigenvalue weighted by atomic mass is 10.0. The molecule has 14 heavy (non-hydrogen) atoms. The first-order valence-electron chi connectivity index (χ1n) is 4.38. The zero-order chi connectivity index (χ0) is 10.6. The van der Waals surface area contributed by atoms with Gasteiger partial charge in [-0.15, -0.1) is 23.2 Å². The number of benzene rings is 1. The van der Waals surface area contributed by atoms with Gasteiger partial charge in [0.1, 0.15) is 0 Å². The molecule has 1 rings (SSSR count). The molecule has 0 bridgehead atoms. The van der Waals surface area contributed by atoms with Gasteiger partial charge in [0.05, 0.1) is 5.88 Å². The van der Waals surface area contributed by atoms with Gasteiger partial charge in [-0.3, -0.25) is 4.79 Å². The van der Waals surface area contributed by atoms with E-state index in [1.165, 1.54) is 0 Å². The van der Waals surface area contributed by atoms with Gasteiger partial charge in [-0.1, -0.05) is 23.8 Å². The third-order valence-electron chi connectivity index (χ3n) is 1.90. The van der Waals surface area contributed by atoms with Crippen LogP contribution in [0.1, 0.15) is 16.7 Å². The standard InChI is InChI=1S/C11H12Cl2O/c1-8-2-9(5-11(14)7-13)4-10(3-8)6-12/h2-4H,5-7H2,1H3. The molecule has 1 aromatic carbocycles. The zero-order valence-corrected chi connectivity index (χ0v) is 9.53. The Balaban J connectivity index is 2.86. The summed E-state index contributed by atoms with van der Waals surface area (Å²) in [7, 11) is 0. The van der Waals surface area contributed by atoms with Crippen molar-refractivity contribution < 1.29 is 4.79 Å². The van der Waals surface area contributed by atoms with Crippen LogP contribution in [0.15, 0.2) is 18.2 Å². The molecule has 1 nitrogen and oxygen atoms in total. The van der Waals surface area contributed by atoms with Gasteiger partial charge < -0.3 is 0 Å². The van der Waals surface area contributed by atoms with Gasteiger partial charge >= 0.3 is 0 Å². The molecule has 76 valence electrons. The molecule has 0 spiro atoms. The van der Waals surface area contributed by atoms with Crippen molar-refractivity contribution in [2.75, 3.05) is 5.88 Å². The van der Waals surface area contributed by atoms with Crippen molar-refractivity contribution >= 4 is 29.0 Å². The van der Waals surface area contributed by atoms with Crippen molar-refractivity contribution in [2.24, 2.45) is 0 Å². The number of hydrogen-bond acceptors (Lipinski definition) is 1. The molecule has 0 saturated carbocycles. The minimum absolute atomic E-state index is 0.0396. The van der Waals surface area contributed by atoms with Crippen LogP contribution < -0.4 is 0 Å². The van der Waals surface area contributed by atoms with Crippen LogP contribution in [0, 0.1) is 6.92 Å². The monoisotopic (exact) mass is 230 g/mol. The highest BCUT2D eigenvalue weighted by atomic mass is 35.5. The van der Waals surface area contributed by atoms with Crippen LogP contribution in [0.25, 0.3) is 0 Å². The largest absolute Gasteiger partial charge is 0.298 e. The molecular weight excluding hydrogens is 219 g/mol. The maximum atomic E-state index is 11.1. The highest BCUT2D eigenvalue weighted by Gasteiger charge is 2.03. The van der Waals surface area contributed by atoms with E-state index in [9.17, 15) is 4.79 Å². The molecule has 0 aliphatic heterocycles. The van der Waals surface area contributed by atoms with Crippen molar-refractivity contribution in [3.05, 3.63) is 34.9 Å². The van der Waals surface area contributed by atoms with Crippen LogP contribution in [0.2, 0.25) is 0 Å². The summed E-state index contributed by atoms with van der Waals surface area (Å²) in [6, 6.07) is 5.95. The van der Waals surface area contributed by atoms with Gasteiger partial charge in [0.2, 0.25) is 0 Å². The van der Waals surface area contributed by atoms with E-state index in [0.29, 0.717) is 12.3 Å². The van der Waals surface area contributed by atoms with Gasteiger partial charge in [0, 0.05) is 12.3 Å². The van der Waals surface area contributed by atoms with Crippen molar-refractivity contribution in [3.8, 4) is 0 Å². The molecule has 0 atom stereocenters. The first-order chi connectivity index (χ1) is 6.65. The molecule has 0 unspecified atom stereocenters. The Labute approximate surface area is 94.0 Å². The fourth-order valence-electron chi connectivity index (χ4n) is 1.40. The lowest BCUT2D eigenvalue weighted by Gasteiger charge is -2.04. The van der Waals surface area contributed by atoms with Crippen LogP contribution in [0.4, 0.5) is 0 Å². The van der Waals surface area contributed by atoms with Crippen LogP contribution in [-0.2, 0) is 17.1 Å². The Hall–Kier alpha value is -0.530. The fraction of sp³-hybridized carbons (Fsp3) is 0.364. The number of halogens is 2. The molecule has 0 radical (unpaired) electrons. The molecule has 0 fully saturated rings. The second-order valence-corrected chi connectivity index (χ2v) is 3.84. The van der Waals surface area contributed by atoms with E-state index in [1.807, 2.05) is 25.1 Å². The average molecular weight is 231 g/mol. The van der Waals surface area contributed by atoms with E-state index in [4.69, 9.17) is 23.2 Å². The average Bonchev–Trinajstić information content (AvgIpc) is 2.16. The molecule has 3 heteroatoms. The summed E-state index contributed by atoms with van der Waals surface area (Å²) in [5.74, 6) is 0.589. The molecule has 0 aliphatic rings. The molecule has 0 N–H and O–H groups in total. The van der Waals surface area contributed by atoms with Crippen molar-refractivity contribution in [1.82, 2.24) is 0 Å². The smallest absolute Gasteiger partial charge is 0.151 e. The van der Waals surface area contributed by atoms with Gasteiger partial charge in [-0.2, -0.15) is 0 Å². The number of ketones is 1.